The summed E-state index contributed by atoms with van der Waals surface area (Å²) in [6, 6.07) is 5.77. The van der Waals surface area contributed by atoms with E-state index in [1.54, 1.807) is 0 Å². The Bertz CT molecular complexity index is 939. The summed E-state index contributed by atoms with van der Waals surface area (Å²) in [6.07, 6.45) is 0.104. The van der Waals surface area contributed by atoms with E-state index in [2.05, 4.69) is 24.0 Å². The fraction of sp³-hybridized carbons (Fsp3) is 0.571. The van der Waals surface area contributed by atoms with Crippen molar-refractivity contribution in [3.63, 3.8) is 0 Å². The number of rotatable bonds is 5. The Balaban J connectivity index is 0.000000423. The number of carboxylic acid groups (broad SMARTS) is 1. The van der Waals surface area contributed by atoms with Crippen molar-refractivity contribution in [3.05, 3.63) is 39.9 Å². The zero-order valence-electron chi connectivity index (χ0n) is 17.8. The number of nitrogens with one attached hydrogen (secondary N) is 1. The number of aryl methyl sites for hydroxylation is 1. The Labute approximate surface area is 183 Å². The highest BCUT2D eigenvalue weighted by Gasteiger charge is 2.38. The Morgan fingerprint density at radius 1 is 1.26 bits per heavy atom. The third-order valence-corrected chi connectivity index (χ3v) is 6.49. The summed E-state index contributed by atoms with van der Waals surface area (Å²) in [5.41, 5.74) is 1.88. The molecule has 1 aromatic carbocycles. The van der Waals surface area contributed by atoms with Crippen LogP contribution in [0.2, 0.25) is 0 Å². The number of hydrogen-bond acceptors (Lipinski definition) is 5. The second kappa shape index (κ2) is 11.0. The van der Waals surface area contributed by atoms with Gasteiger partial charge < -0.3 is 15.0 Å². The molecule has 0 radical (unpaired) electrons. The molecule has 0 atom stereocenters. The van der Waals surface area contributed by atoms with Crippen molar-refractivity contribution < 1.29 is 23.1 Å². The molecule has 10 heteroatoms. The number of carboxylic acids is 1. The highest BCUT2D eigenvalue weighted by atomic mass is 32.2. The number of nitrogens with zero attached hydrogens (tertiary/aromatic N) is 2. The molecule has 3 rings (SSSR count). The lowest BCUT2D eigenvalue weighted by Crippen LogP contribution is -2.26. The average molecular weight is 460 g/mol. The van der Waals surface area contributed by atoms with Crippen LogP contribution >= 0.6 is 11.8 Å². The monoisotopic (exact) mass is 459 g/mol. The van der Waals surface area contributed by atoms with E-state index in [1.807, 2.05) is 36.9 Å². The van der Waals surface area contributed by atoms with Gasteiger partial charge in [-0.3, -0.25) is 4.79 Å². The zero-order chi connectivity index (χ0) is 23.2. The van der Waals surface area contributed by atoms with E-state index in [-0.39, 0.29) is 5.56 Å². The number of thioether (sulfide) groups is 1. The van der Waals surface area contributed by atoms with Gasteiger partial charge in [-0.15, -0.1) is 0 Å². The van der Waals surface area contributed by atoms with E-state index in [1.165, 1.54) is 32.2 Å². The summed E-state index contributed by atoms with van der Waals surface area (Å²) < 4.78 is 31.7. The third kappa shape index (κ3) is 7.84. The number of alkyl halides is 3. The van der Waals surface area contributed by atoms with E-state index < -0.39 is 12.1 Å². The smallest absolute Gasteiger partial charge is 0.475 e. The molecule has 0 spiro atoms. The molecule has 6 nitrogen and oxygen atoms in total. The number of carbonyl (C=O) groups is 1. The molecule has 1 saturated carbocycles. The topological polar surface area (TPSA) is 86.3 Å². The van der Waals surface area contributed by atoms with Gasteiger partial charge in [0, 0.05) is 11.8 Å². The van der Waals surface area contributed by atoms with Gasteiger partial charge in [0.15, 0.2) is 0 Å². The van der Waals surface area contributed by atoms with Crippen molar-refractivity contribution in [2.45, 2.75) is 49.8 Å². The number of H-pyrrole nitrogens is 1. The Morgan fingerprint density at radius 2 is 1.87 bits per heavy atom. The number of para-hydroxylation sites is 1. The summed E-state index contributed by atoms with van der Waals surface area (Å²) in [7, 11) is 4.31. The Hall–Kier alpha value is -2.07. The summed E-state index contributed by atoms with van der Waals surface area (Å²) in [6.45, 7) is 3.22. The molecule has 31 heavy (non-hydrogen) atoms. The lowest BCUT2D eigenvalue weighted by Gasteiger charge is -2.29. The summed E-state index contributed by atoms with van der Waals surface area (Å²) >= 11 is 1.95. The van der Waals surface area contributed by atoms with Crippen molar-refractivity contribution >= 4 is 28.6 Å². The lowest BCUT2D eigenvalue weighted by atomic mass is 9.89. The van der Waals surface area contributed by atoms with E-state index in [4.69, 9.17) is 14.9 Å². The molecule has 0 bridgehead atoms. The number of aromatic nitrogens is 2. The van der Waals surface area contributed by atoms with Gasteiger partial charge in [0.05, 0.1) is 16.7 Å². The zero-order valence-corrected chi connectivity index (χ0v) is 18.6. The second-order valence-electron chi connectivity index (χ2n) is 8.00. The maximum Gasteiger partial charge on any atom is 0.490 e. The molecule has 0 aliphatic heterocycles. The van der Waals surface area contributed by atoms with Gasteiger partial charge in [-0.2, -0.15) is 24.9 Å². The first-order valence-corrected chi connectivity index (χ1v) is 11.1. The van der Waals surface area contributed by atoms with Crippen molar-refractivity contribution in [1.82, 2.24) is 14.9 Å². The first-order valence-electron chi connectivity index (χ1n) is 10.0. The van der Waals surface area contributed by atoms with Crippen molar-refractivity contribution in [2.24, 2.45) is 5.92 Å². The quantitative estimate of drug-likeness (QED) is 0.696. The molecule has 2 aromatic rings. The van der Waals surface area contributed by atoms with Gasteiger partial charge >= 0.3 is 12.1 Å². The second-order valence-corrected chi connectivity index (χ2v) is 9.29. The van der Waals surface area contributed by atoms with Crippen LogP contribution in [0.4, 0.5) is 13.2 Å². The molecule has 1 aromatic heterocycles. The molecule has 2 N–H and O–H groups in total. The van der Waals surface area contributed by atoms with Crippen LogP contribution in [0.1, 0.15) is 37.1 Å². The summed E-state index contributed by atoms with van der Waals surface area (Å²) in [5, 5.41) is 8.51. The number of benzene rings is 1. The van der Waals surface area contributed by atoms with Gasteiger partial charge in [-0.05, 0) is 64.3 Å². The normalized spacial score (nSPS) is 19.2. The summed E-state index contributed by atoms with van der Waals surface area (Å²) in [5.74, 6) is -0.310. The van der Waals surface area contributed by atoms with Gasteiger partial charge in [-0.25, -0.2) is 9.78 Å². The standard InChI is InChI=1S/C19H27N3OS.C2HF3O2/c1-13-5-4-6-16-18(13)20-17(21-19(16)23)12-24-15-9-7-14(8-10-15)11-22(2)3;3-2(4,5)1(6)7/h4-6,14-15H,7-12H2,1-3H3,(H,20,21,23);(H,6,7)/t14-,15+;. The predicted molar refractivity (Wildman–Crippen MR) is 116 cm³/mol. The van der Waals surface area contributed by atoms with Gasteiger partial charge in [0.2, 0.25) is 0 Å². The van der Waals surface area contributed by atoms with Crippen LogP contribution in [-0.2, 0) is 10.5 Å². The van der Waals surface area contributed by atoms with Gasteiger partial charge in [0.1, 0.15) is 5.82 Å². The van der Waals surface area contributed by atoms with Gasteiger partial charge in [0.25, 0.3) is 5.56 Å². The van der Waals surface area contributed by atoms with Gasteiger partial charge in [-0.1, -0.05) is 12.1 Å². The molecule has 0 amide bonds. The average Bonchev–Trinajstić information content (AvgIpc) is 2.68. The molecule has 1 aliphatic rings. The van der Waals surface area contributed by atoms with E-state index in [9.17, 15) is 18.0 Å². The van der Waals surface area contributed by atoms with E-state index in [0.29, 0.717) is 10.6 Å². The van der Waals surface area contributed by atoms with Crippen molar-refractivity contribution in [2.75, 3.05) is 20.6 Å². The molecule has 0 saturated heterocycles. The molecule has 1 heterocycles. The van der Waals surface area contributed by atoms with Crippen LogP contribution in [0.5, 0.6) is 0 Å². The number of aromatic amines is 1. The Morgan fingerprint density at radius 3 is 2.42 bits per heavy atom. The molecular formula is C21H28F3N3O3S. The van der Waals surface area contributed by atoms with E-state index in [0.717, 1.165) is 28.6 Å². The number of aliphatic carboxylic acids is 1. The largest absolute Gasteiger partial charge is 0.490 e. The van der Waals surface area contributed by atoms with Crippen LogP contribution in [0.3, 0.4) is 0 Å². The lowest BCUT2D eigenvalue weighted by molar-refractivity contribution is -0.192. The fourth-order valence-electron chi connectivity index (χ4n) is 3.61. The number of fused-ring (bicyclic) bond motifs is 1. The third-order valence-electron chi connectivity index (χ3n) is 5.10. The highest BCUT2D eigenvalue weighted by molar-refractivity contribution is 7.99. The van der Waals surface area contributed by atoms with Crippen LogP contribution in [-0.4, -0.2) is 58.0 Å². The minimum atomic E-state index is -5.08. The predicted octanol–water partition coefficient (Wildman–Crippen LogP) is 4.22. The molecule has 1 fully saturated rings. The number of halogens is 3. The van der Waals surface area contributed by atoms with Crippen molar-refractivity contribution in [1.29, 1.82) is 0 Å². The summed E-state index contributed by atoms with van der Waals surface area (Å²) in [4.78, 5) is 31.1. The van der Waals surface area contributed by atoms with Crippen molar-refractivity contribution in [3.8, 4) is 0 Å². The van der Waals surface area contributed by atoms with Crippen LogP contribution in [0.15, 0.2) is 23.0 Å². The molecule has 1 aliphatic carbocycles. The first-order chi connectivity index (χ1) is 14.5. The first kappa shape index (κ1) is 25.2. The SMILES string of the molecule is Cc1cccc2c(=O)[nH]c(CS[C@H]3CC[C@@H](CN(C)C)CC3)nc12.O=C(O)C(F)(F)F. The molecule has 0 unspecified atom stereocenters. The minimum absolute atomic E-state index is 0.0195. The number of hydrogen-bond donors (Lipinski definition) is 2. The maximum absolute atomic E-state index is 12.2. The molecular weight excluding hydrogens is 431 g/mol. The van der Waals surface area contributed by atoms with Crippen LogP contribution in [0, 0.1) is 12.8 Å². The van der Waals surface area contributed by atoms with E-state index >= 15 is 0 Å². The van der Waals surface area contributed by atoms with Crippen LogP contribution in [0.25, 0.3) is 10.9 Å². The fourth-order valence-corrected chi connectivity index (χ4v) is 4.75. The molecule has 172 valence electrons. The highest BCUT2D eigenvalue weighted by Crippen LogP contribution is 2.33. The minimum Gasteiger partial charge on any atom is -0.475 e. The maximum atomic E-state index is 12.2. The van der Waals surface area contributed by atoms with Crippen LogP contribution < -0.4 is 5.56 Å². The Kier molecular flexibility index (Phi) is 8.93.